The summed E-state index contributed by atoms with van der Waals surface area (Å²) in [5, 5.41) is 17.7. The van der Waals surface area contributed by atoms with Crippen LogP contribution in [0.3, 0.4) is 0 Å². The summed E-state index contributed by atoms with van der Waals surface area (Å²) in [6.07, 6.45) is 1.90. The van der Waals surface area contributed by atoms with Crippen molar-refractivity contribution in [3.05, 3.63) is 53.8 Å². The second kappa shape index (κ2) is 7.02. The zero-order chi connectivity index (χ0) is 22.7. The van der Waals surface area contributed by atoms with Crippen molar-refractivity contribution >= 4 is 39.3 Å². The Morgan fingerprint density at radius 3 is 2.76 bits per heavy atom. The standard InChI is InChI=1S/C23H20N8O2/c1-11-19(12(2)33-30-11)15-9-16-14(10-17(15)32-4)20-21(26-16)24-13(3)25-22(20)27-23-29-28-18-7-5-6-8-31(18)23/h5-10H,1-4H3,(H2,24,25,26,27,29). The van der Waals surface area contributed by atoms with E-state index in [2.05, 4.69) is 35.6 Å². The maximum Gasteiger partial charge on any atom is 0.234 e. The van der Waals surface area contributed by atoms with E-state index in [9.17, 15) is 0 Å². The Morgan fingerprint density at radius 1 is 1.09 bits per heavy atom. The van der Waals surface area contributed by atoms with Gasteiger partial charge in [-0.05, 0) is 45.0 Å². The molecule has 0 saturated heterocycles. The number of nitrogens with one attached hydrogen (secondary N) is 2. The van der Waals surface area contributed by atoms with Crippen molar-refractivity contribution in [3.8, 4) is 16.9 Å². The van der Waals surface area contributed by atoms with Crippen LogP contribution in [0.2, 0.25) is 0 Å². The van der Waals surface area contributed by atoms with Gasteiger partial charge in [0.15, 0.2) is 5.65 Å². The maximum atomic E-state index is 5.76. The predicted molar refractivity (Wildman–Crippen MR) is 124 cm³/mol. The molecule has 33 heavy (non-hydrogen) atoms. The summed E-state index contributed by atoms with van der Waals surface area (Å²) in [6.45, 7) is 5.66. The molecular weight excluding hydrogens is 420 g/mol. The number of nitrogens with zero attached hydrogens (tertiary/aromatic N) is 6. The third kappa shape index (κ3) is 2.91. The van der Waals surface area contributed by atoms with Gasteiger partial charge in [-0.25, -0.2) is 9.97 Å². The Bertz CT molecular complexity index is 1660. The monoisotopic (exact) mass is 440 g/mol. The van der Waals surface area contributed by atoms with Crippen molar-refractivity contribution in [1.29, 1.82) is 0 Å². The van der Waals surface area contributed by atoms with Crippen LogP contribution in [-0.2, 0) is 0 Å². The molecule has 0 saturated carbocycles. The van der Waals surface area contributed by atoms with E-state index < -0.39 is 0 Å². The number of rotatable bonds is 4. The van der Waals surface area contributed by atoms with Crippen molar-refractivity contribution in [1.82, 2.24) is 34.7 Å². The Labute approximate surface area is 187 Å². The molecule has 5 heterocycles. The number of hydrogen-bond acceptors (Lipinski definition) is 8. The summed E-state index contributed by atoms with van der Waals surface area (Å²) in [5.74, 6) is 3.27. The maximum absolute atomic E-state index is 5.76. The number of benzene rings is 1. The highest BCUT2D eigenvalue weighted by atomic mass is 16.5. The van der Waals surface area contributed by atoms with Crippen LogP contribution in [-0.4, -0.2) is 41.8 Å². The molecule has 10 nitrogen and oxygen atoms in total. The minimum atomic E-state index is 0.568. The number of pyridine rings is 1. The van der Waals surface area contributed by atoms with Crippen LogP contribution in [0, 0.1) is 20.8 Å². The summed E-state index contributed by atoms with van der Waals surface area (Å²) in [4.78, 5) is 12.7. The van der Waals surface area contributed by atoms with Crippen LogP contribution in [0.1, 0.15) is 17.3 Å². The third-order valence-corrected chi connectivity index (χ3v) is 5.73. The van der Waals surface area contributed by atoms with Crippen LogP contribution in [0.4, 0.5) is 11.8 Å². The predicted octanol–water partition coefficient (Wildman–Crippen LogP) is 4.49. The number of aryl methyl sites for hydroxylation is 3. The first-order valence-electron chi connectivity index (χ1n) is 10.4. The number of ether oxygens (including phenoxy) is 1. The number of methoxy groups -OCH3 is 1. The van der Waals surface area contributed by atoms with E-state index in [1.807, 2.05) is 61.7 Å². The van der Waals surface area contributed by atoms with E-state index in [-0.39, 0.29) is 0 Å². The fraction of sp³-hybridized carbons (Fsp3) is 0.174. The molecule has 0 amide bonds. The number of aromatic nitrogens is 7. The van der Waals surface area contributed by atoms with Crippen LogP contribution in [0.15, 0.2) is 41.1 Å². The molecule has 2 N–H and O–H groups in total. The first-order chi connectivity index (χ1) is 16.0. The molecule has 0 aliphatic heterocycles. The van der Waals surface area contributed by atoms with Gasteiger partial charge in [0.1, 0.15) is 28.8 Å². The van der Waals surface area contributed by atoms with Gasteiger partial charge in [-0.15, -0.1) is 10.2 Å². The molecule has 0 spiro atoms. The lowest BCUT2D eigenvalue weighted by molar-refractivity contribution is 0.393. The summed E-state index contributed by atoms with van der Waals surface area (Å²) >= 11 is 0. The number of hydrogen-bond donors (Lipinski definition) is 2. The summed E-state index contributed by atoms with van der Waals surface area (Å²) < 4.78 is 13.0. The van der Waals surface area contributed by atoms with Gasteiger partial charge in [0.05, 0.1) is 23.8 Å². The van der Waals surface area contributed by atoms with Gasteiger partial charge < -0.3 is 19.6 Å². The highest BCUT2D eigenvalue weighted by molar-refractivity contribution is 6.13. The van der Waals surface area contributed by atoms with E-state index >= 15 is 0 Å². The molecule has 0 radical (unpaired) electrons. The number of fused-ring (bicyclic) bond motifs is 4. The van der Waals surface area contributed by atoms with Crippen LogP contribution >= 0.6 is 0 Å². The van der Waals surface area contributed by atoms with Crippen molar-refractivity contribution in [3.63, 3.8) is 0 Å². The molecule has 10 heteroatoms. The Balaban J connectivity index is 1.59. The summed E-state index contributed by atoms with van der Waals surface area (Å²) in [5.41, 5.74) is 4.98. The van der Waals surface area contributed by atoms with Gasteiger partial charge in [-0.3, -0.25) is 4.40 Å². The first-order valence-corrected chi connectivity index (χ1v) is 10.4. The van der Waals surface area contributed by atoms with Gasteiger partial charge in [0, 0.05) is 22.7 Å². The SMILES string of the molecule is COc1cc2c(cc1-c1c(C)noc1C)[nH]c1nc(C)nc(Nc3nnc4ccccn34)c12. The number of H-pyrrole nitrogens is 1. The molecule has 6 rings (SSSR count). The van der Waals surface area contributed by atoms with Gasteiger partial charge in [0.25, 0.3) is 0 Å². The number of aromatic amines is 1. The molecule has 164 valence electrons. The van der Waals surface area contributed by atoms with Crippen molar-refractivity contribution in [2.45, 2.75) is 20.8 Å². The molecule has 0 bridgehead atoms. The topological polar surface area (TPSA) is 119 Å². The van der Waals surface area contributed by atoms with Crippen molar-refractivity contribution in [2.75, 3.05) is 12.4 Å². The average Bonchev–Trinajstić information content (AvgIpc) is 3.47. The minimum absolute atomic E-state index is 0.568. The van der Waals surface area contributed by atoms with Gasteiger partial charge in [0.2, 0.25) is 5.95 Å². The van der Waals surface area contributed by atoms with E-state index in [4.69, 9.17) is 9.26 Å². The lowest BCUT2D eigenvalue weighted by atomic mass is 10.0. The van der Waals surface area contributed by atoms with E-state index in [0.717, 1.165) is 44.5 Å². The van der Waals surface area contributed by atoms with Crippen molar-refractivity contribution in [2.24, 2.45) is 0 Å². The highest BCUT2D eigenvalue weighted by Crippen LogP contribution is 2.40. The molecule has 0 aliphatic rings. The van der Waals surface area contributed by atoms with Gasteiger partial charge in [-0.2, -0.15) is 0 Å². The summed E-state index contributed by atoms with van der Waals surface area (Å²) in [6, 6.07) is 9.76. The molecule has 0 fully saturated rings. The second-order valence-corrected chi connectivity index (χ2v) is 7.84. The first kappa shape index (κ1) is 19.2. The fourth-order valence-electron chi connectivity index (χ4n) is 4.29. The Kier molecular flexibility index (Phi) is 4.09. The second-order valence-electron chi connectivity index (χ2n) is 7.84. The lowest BCUT2D eigenvalue weighted by Gasteiger charge is -2.10. The smallest absolute Gasteiger partial charge is 0.234 e. The van der Waals surface area contributed by atoms with Crippen LogP contribution in [0.5, 0.6) is 5.75 Å². The summed E-state index contributed by atoms with van der Waals surface area (Å²) in [7, 11) is 1.65. The Morgan fingerprint density at radius 2 is 1.97 bits per heavy atom. The van der Waals surface area contributed by atoms with Gasteiger partial charge in [-0.1, -0.05) is 11.2 Å². The van der Waals surface area contributed by atoms with Crippen LogP contribution < -0.4 is 10.1 Å². The van der Waals surface area contributed by atoms with E-state index in [1.165, 1.54) is 0 Å². The molecule has 5 aromatic heterocycles. The largest absolute Gasteiger partial charge is 0.496 e. The zero-order valence-electron chi connectivity index (χ0n) is 18.5. The zero-order valence-corrected chi connectivity index (χ0v) is 18.5. The van der Waals surface area contributed by atoms with E-state index in [0.29, 0.717) is 29.0 Å². The molecular formula is C23H20N8O2. The lowest BCUT2D eigenvalue weighted by Crippen LogP contribution is -2.01. The van der Waals surface area contributed by atoms with Gasteiger partial charge >= 0.3 is 0 Å². The van der Waals surface area contributed by atoms with E-state index in [1.54, 1.807) is 7.11 Å². The average molecular weight is 440 g/mol. The van der Waals surface area contributed by atoms with Crippen LogP contribution in [0.25, 0.3) is 38.7 Å². The molecule has 6 aromatic rings. The molecule has 0 atom stereocenters. The fourth-order valence-corrected chi connectivity index (χ4v) is 4.29. The minimum Gasteiger partial charge on any atom is -0.496 e. The third-order valence-electron chi connectivity index (χ3n) is 5.73. The quantitative estimate of drug-likeness (QED) is 0.412. The number of anilines is 2. The highest BCUT2D eigenvalue weighted by Gasteiger charge is 2.21. The van der Waals surface area contributed by atoms with Crippen molar-refractivity contribution < 1.29 is 9.26 Å². The normalized spacial score (nSPS) is 11.6. The molecule has 0 aliphatic carbocycles. The Hall–Kier alpha value is -4.47. The molecule has 1 aromatic carbocycles. The molecule has 0 unspecified atom stereocenters.